The molecule has 3 aromatic rings. The summed E-state index contributed by atoms with van der Waals surface area (Å²) < 4.78 is 41.7. The van der Waals surface area contributed by atoms with Crippen molar-refractivity contribution in [2.24, 2.45) is 0 Å². The molecule has 2 N–H and O–H groups in total. The number of rotatable bonds is 12. The number of hydrogen-bond donors (Lipinski definition) is 2. The summed E-state index contributed by atoms with van der Waals surface area (Å²) in [4.78, 5) is 16.4. The molecule has 2 heterocycles. The van der Waals surface area contributed by atoms with Gasteiger partial charge >= 0.3 is 6.09 Å². The van der Waals surface area contributed by atoms with Crippen LogP contribution in [0.4, 0.5) is 16.2 Å². The molecule has 43 heavy (non-hydrogen) atoms. The highest BCUT2D eigenvalue weighted by Crippen LogP contribution is 2.38. The van der Waals surface area contributed by atoms with Crippen LogP contribution >= 0.6 is 22.9 Å². The number of amides is 1. The summed E-state index contributed by atoms with van der Waals surface area (Å²) in [6, 6.07) is 10.8. The number of fused-ring (bicyclic) bond motifs is 1. The number of unbranched alkanes of at least 4 members (excludes halogenated alkanes) is 3. The summed E-state index contributed by atoms with van der Waals surface area (Å²) in [5, 5.41) is 4.24. The third-order valence-corrected chi connectivity index (χ3v) is 10.8. The predicted octanol–water partition coefficient (Wildman–Crippen LogP) is 6.88. The van der Waals surface area contributed by atoms with E-state index in [1.807, 2.05) is 45.9 Å². The second kappa shape index (κ2) is 14.4. The minimum Gasteiger partial charge on any atom is -0.495 e. The molecule has 236 valence electrons. The van der Waals surface area contributed by atoms with E-state index >= 15 is 0 Å². The van der Waals surface area contributed by atoms with Crippen LogP contribution in [0, 0.1) is 6.92 Å². The second-order valence-corrected chi connectivity index (χ2v) is 15.2. The number of aryl methyl sites for hydroxylation is 1. The minimum absolute atomic E-state index is 0.287. The standard InChI is InChI=1S/C31H43ClN4O5S2/c1-22-25-20-23(32)10-13-28(25)42-29(22)43(38,39)34-24-11-12-27(40-5)26(21-24)36-18-16-35(17-19-36)15-9-7-6-8-14-33-30(37)41-31(2,3)4/h10-13,20-21,34H,6-9,14-19H2,1-5H3,(H,33,37). The van der Waals surface area contributed by atoms with Gasteiger partial charge in [-0.15, -0.1) is 11.3 Å². The van der Waals surface area contributed by atoms with Gasteiger partial charge in [0.2, 0.25) is 0 Å². The van der Waals surface area contributed by atoms with Crippen LogP contribution in [0.5, 0.6) is 5.75 Å². The van der Waals surface area contributed by atoms with E-state index < -0.39 is 15.6 Å². The number of piperazine rings is 1. The van der Waals surface area contributed by atoms with Crippen molar-refractivity contribution in [2.75, 3.05) is 56.0 Å². The first kappa shape index (κ1) is 33.2. The zero-order valence-corrected chi connectivity index (χ0v) is 28.1. The predicted molar refractivity (Wildman–Crippen MR) is 177 cm³/mol. The van der Waals surface area contributed by atoms with Crippen molar-refractivity contribution in [2.45, 2.75) is 63.2 Å². The molecule has 1 amide bonds. The fraction of sp³-hybridized carbons (Fsp3) is 0.516. The maximum absolute atomic E-state index is 13.4. The minimum atomic E-state index is -3.79. The van der Waals surface area contributed by atoms with Gasteiger partial charge in [0.1, 0.15) is 15.6 Å². The second-order valence-electron chi connectivity index (χ2n) is 11.8. The molecule has 1 aromatic heterocycles. The number of anilines is 2. The van der Waals surface area contributed by atoms with Gasteiger partial charge in [0.25, 0.3) is 10.0 Å². The van der Waals surface area contributed by atoms with Crippen LogP contribution in [0.3, 0.4) is 0 Å². The SMILES string of the molecule is COc1ccc(NS(=O)(=O)c2sc3ccc(Cl)cc3c2C)cc1N1CCN(CCCCCCNC(=O)OC(C)(C)C)CC1. The number of halogens is 1. The van der Waals surface area contributed by atoms with Crippen LogP contribution in [-0.4, -0.2) is 71.4 Å². The number of methoxy groups -OCH3 is 1. The van der Waals surface area contributed by atoms with Gasteiger partial charge < -0.3 is 19.7 Å². The normalized spacial score (nSPS) is 14.6. The lowest BCUT2D eigenvalue weighted by Crippen LogP contribution is -2.46. The van der Waals surface area contributed by atoms with Gasteiger partial charge in [-0.25, -0.2) is 13.2 Å². The van der Waals surface area contributed by atoms with Crippen molar-refractivity contribution in [3.63, 3.8) is 0 Å². The first-order valence-electron chi connectivity index (χ1n) is 14.7. The van der Waals surface area contributed by atoms with E-state index in [9.17, 15) is 13.2 Å². The number of carbonyl (C=O) groups excluding carboxylic acids is 1. The van der Waals surface area contributed by atoms with Crippen LogP contribution in [0.25, 0.3) is 10.1 Å². The van der Waals surface area contributed by atoms with Crippen LogP contribution in [0.2, 0.25) is 5.02 Å². The van der Waals surface area contributed by atoms with Crippen molar-refractivity contribution >= 4 is 60.5 Å². The van der Waals surface area contributed by atoms with E-state index in [-0.39, 0.29) is 10.3 Å². The lowest BCUT2D eigenvalue weighted by molar-refractivity contribution is 0.0527. The van der Waals surface area contributed by atoms with Gasteiger partial charge in [0.05, 0.1) is 18.5 Å². The van der Waals surface area contributed by atoms with Crippen molar-refractivity contribution in [3.8, 4) is 5.75 Å². The van der Waals surface area contributed by atoms with Crippen molar-refractivity contribution in [3.05, 3.63) is 47.0 Å². The Hall–Kier alpha value is -2.73. The molecular weight excluding hydrogens is 608 g/mol. The molecule has 0 saturated carbocycles. The van der Waals surface area contributed by atoms with Gasteiger partial charge in [-0.1, -0.05) is 24.4 Å². The van der Waals surface area contributed by atoms with E-state index in [2.05, 4.69) is 19.8 Å². The Morgan fingerprint density at radius 1 is 1.02 bits per heavy atom. The van der Waals surface area contributed by atoms with Crippen molar-refractivity contribution in [1.82, 2.24) is 10.2 Å². The fourth-order valence-electron chi connectivity index (χ4n) is 5.16. The average molecular weight is 651 g/mol. The lowest BCUT2D eigenvalue weighted by Gasteiger charge is -2.36. The maximum Gasteiger partial charge on any atom is 0.407 e. The molecule has 0 atom stereocenters. The summed E-state index contributed by atoms with van der Waals surface area (Å²) in [7, 11) is -2.16. The van der Waals surface area contributed by atoms with E-state index in [1.54, 1.807) is 25.3 Å². The topological polar surface area (TPSA) is 100 Å². The van der Waals surface area contributed by atoms with Crippen LogP contribution in [-0.2, 0) is 14.8 Å². The first-order valence-corrected chi connectivity index (χ1v) is 17.4. The highest BCUT2D eigenvalue weighted by molar-refractivity contribution is 7.94. The highest BCUT2D eigenvalue weighted by atomic mass is 35.5. The number of nitrogens with zero attached hydrogens (tertiary/aromatic N) is 2. The Kier molecular flexibility index (Phi) is 11.1. The summed E-state index contributed by atoms with van der Waals surface area (Å²) in [5.74, 6) is 0.712. The number of hydrogen-bond acceptors (Lipinski definition) is 8. The van der Waals surface area contributed by atoms with Gasteiger partial charge in [-0.2, -0.15) is 0 Å². The highest BCUT2D eigenvalue weighted by Gasteiger charge is 2.24. The third kappa shape index (κ3) is 9.14. The Balaban J connectivity index is 1.27. The Bertz CT molecular complexity index is 1510. The molecule has 1 saturated heterocycles. The number of ether oxygens (including phenoxy) is 2. The van der Waals surface area contributed by atoms with E-state index in [0.29, 0.717) is 28.6 Å². The molecule has 4 rings (SSSR count). The Labute approximate surface area is 264 Å². The van der Waals surface area contributed by atoms with Crippen molar-refractivity contribution < 1.29 is 22.7 Å². The number of nitrogens with one attached hydrogen (secondary N) is 2. The first-order chi connectivity index (χ1) is 20.4. The largest absolute Gasteiger partial charge is 0.495 e. The monoisotopic (exact) mass is 650 g/mol. The molecule has 0 radical (unpaired) electrons. The van der Waals surface area contributed by atoms with Gasteiger partial charge in [-0.3, -0.25) is 9.62 Å². The molecule has 12 heteroatoms. The van der Waals surface area contributed by atoms with Gasteiger partial charge in [0.15, 0.2) is 0 Å². The molecule has 1 fully saturated rings. The molecule has 0 unspecified atom stereocenters. The van der Waals surface area contributed by atoms with Crippen molar-refractivity contribution in [1.29, 1.82) is 0 Å². The molecule has 1 aliphatic rings. The number of thiophene rings is 1. The molecular formula is C31H43ClN4O5S2. The molecule has 0 bridgehead atoms. The summed E-state index contributed by atoms with van der Waals surface area (Å²) in [6.07, 6.45) is 3.85. The fourth-order valence-corrected chi connectivity index (χ4v) is 8.13. The molecule has 0 aliphatic carbocycles. The van der Waals surface area contributed by atoms with E-state index in [1.165, 1.54) is 11.3 Å². The quantitative estimate of drug-likeness (QED) is 0.206. The average Bonchev–Trinajstić information content (AvgIpc) is 3.28. The summed E-state index contributed by atoms with van der Waals surface area (Å²) in [6.45, 7) is 12.5. The molecule has 9 nitrogen and oxygen atoms in total. The van der Waals surface area contributed by atoms with Gasteiger partial charge in [0, 0.05) is 42.4 Å². The Morgan fingerprint density at radius 2 is 1.74 bits per heavy atom. The third-order valence-electron chi connectivity index (χ3n) is 7.31. The number of sulfonamides is 1. The molecule has 2 aromatic carbocycles. The van der Waals surface area contributed by atoms with Crippen LogP contribution in [0.1, 0.15) is 52.0 Å². The number of benzene rings is 2. The zero-order chi connectivity index (χ0) is 31.2. The van der Waals surface area contributed by atoms with Gasteiger partial charge in [-0.05, 0) is 94.4 Å². The number of carbonyl (C=O) groups is 1. The van der Waals surface area contributed by atoms with E-state index in [0.717, 1.165) is 74.2 Å². The maximum atomic E-state index is 13.4. The number of alkyl carbamates (subject to hydrolysis) is 1. The summed E-state index contributed by atoms with van der Waals surface area (Å²) in [5.41, 5.74) is 1.58. The summed E-state index contributed by atoms with van der Waals surface area (Å²) >= 11 is 7.39. The smallest absolute Gasteiger partial charge is 0.407 e. The van der Waals surface area contributed by atoms with Crippen LogP contribution in [0.15, 0.2) is 40.6 Å². The molecule has 0 spiro atoms. The van der Waals surface area contributed by atoms with E-state index in [4.69, 9.17) is 21.1 Å². The zero-order valence-electron chi connectivity index (χ0n) is 25.7. The Morgan fingerprint density at radius 3 is 2.44 bits per heavy atom. The van der Waals surface area contributed by atoms with Crippen LogP contribution < -0.4 is 19.7 Å². The molecule has 1 aliphatic heterocycles. The lowest BCUT2D eigenvalue weighted by atomic mass is 10.1.